The van der Waals surface area contributed by atoms with E-state index in [9.17, 15) is 14.7 Å². The minimum Gasteiger partial charge on any atom is -0.396 e. The van der Waals surface area contributed by atoms with Crippen molar-refractivity contribution in [1.82, 2.24) is 9.55 Å². The first-order chi connectivity index (χ1) is 16.6. The van der Waals surface area contributed by atoms with Crippen molar-refractivity contribution in [2.24, 2.45) is 0 Å². The van der Waals surface area contributed by atoms with Gasteiger partial charge >= 0.3 is 0 Å². The zero-order chi connectivity index (χ0) is 23.7. The molecule has 0 unspecified atom stereocenters. The molecule has 0 spiro atoms. The maximum Gasteiger partial charge on any atom is 0.261 e. The van der Waals surface area contributed by atoms with Crippen LogP contribution in [0.4, 0.5) is 5.69 Å². The SMILES string of the molecule is O=C1C(=Cc2nc3ccc(I)cc3c(=O)n2CCCO)c2ccccc2N1Cc1ccccc1. The van der Waals surface area contributed by atoms with Crippen molar-refractivity contribution in [2.45, 2.75) is 19.5 Å². The van der Waals surface area contributed by atoms with Crippen LogP contribution in [0.25, 0.3) is 22.6 Å². The lowest BCUT2D eigenvalue weighted by Gasteiger charge is -2.17. The first kappa shape index (κ1) is 22.5. The zero-order valence-corrected chi connectivity index (χ0v) is 20.5. The number of para-hydroxylation sites is 1. The lowest BCUT2D eigenvalue weighted by molar-refractivity contribution is -0.113. The molecular formula is C27H22IN3O3. The summed E-state index contributed by atoms with van der Waals surface area (Å²) in [7, 11) is 0. The van der Waals surface area contributed by atoms with Crippen molar-refractivity contribution in [3.8, 4) is 0 Å². The molecule has 5 rings (SSSR count). The second kappa shape index (κ2) is 9.52. The van der Waals surface area contributed by atoms with Gasteiger partial charge in [0, 0.05) is 22.3 Å². The van der Waals surface area contributed by atoms with E-state index in [0.717, 1.165) is 20.4 Å². The summed E-state index contributed by atoms with van der Waals surface area (Å²) in [5.41, 5.74) is 3.59. The first-order valence-electron chi connectivity index (χ1n) is 11.0. The standard InChI is InChI=1S/C27H22IN3O3/c28-19-11-12-23-22(15-19)27(34)30(13-6-14-32)25(29-23)16-21-20-9-4-5-10-24(20)31(26(21)33)17-18-7-2-1-3-8-18/h1-5,7-12,15-16,32H,6,13-14,17H2. The minimum absolute atomic E-state index is 0.0422. The Bertz CT molecular complexity index is 1480. The Kier molecular flexibility index (Phi) is 6.30. The van der Waals surface area contributed by atoms with Crippen LogP contribution in [0, 0.1) is 3.57 Å². The highest BCUT2D eigenvalue weighted by molar-refractivity contribution is 14.1. The lowest BCUT2D eigenvalue weighted by atomic mass is 10.1. The Hall–Kier alpha value is -3.30. The number of aromatic nitrogens is 2. The van der Waals surface area contributed by atoms with Crippen molar-refractivity contribution in [1.29, 1.82) is 0 Å². The van der Waals surface area contributed by atoms with Crippen LogP contribution in [0.2, 0.25) is 0 Å². The fourth-order valence-electron chi connectivity index (χ4n) is 4.26. The van der Waals surface area contributed by atoms with Gasteiger partial charge in [0.25, 0.3) is 11.5 Å². The van der Waals surface area contributed by atoms with E-state index in [2.05, 4.69) is 22.6 Å². The van der Waals surface area contributed by atoms with Crippen LogP contribution in [0.15, 0.2) is 77.6 Å². The second-order valence-electron chi connectivity index (χ2n) is 8.12. The third kappa shape index (κ3) is 4.17. The fourth-order valence-corrected chi connectivity index (χ4v) is 4.75. The molecule has 0 saturated heterocycles. The molecule has 1 amide bonds. The molecule has 1 aliphatic heterocycles. The van der Waals surface area contributed by atoms with Gasteiger partial charge in [0.2, 0.25) is 0 Å². The van der Waals surface area contributed by atoms with Crippen LogP contribution >= 0.6 is 22.6 Å². The number of fused-ring (bicyclic) bond motifs is 2. The Morgan fingerprint density at radius 2 is 1.74 bits per heavy atom. The molecule has 4 aromatic rings. The van der Waals surface area contributed by atoms with Crippen LogP contribution < -0.4 is 10.5 Å². The number of carbonyl (C=O) groups excluding carboxylic acids is 1. The van der Waals surface area contributed by atoms with Gasteiger partial charge in [0.1, 0.15) is 5.82 Å². The summed E-state index contributed by atoms with van der Waals surface area (Å²) in [6, 6.07) is 23.1. The molecule has 7 heteroatoms. The summed E-state index contributed by atoms with van der Waals surface area (Å²) >= 11 is 2.17. The normalized spacial score (nSPS) is 14.2. The van der Waals surface area contributed by atoms with Crippen molar-refractivity contribution in [3.63, 3.8) is 0 Å². The molecule has 3 aromatic carbocycles. The molecule has 0 fully saturated rings. The van der Waals surface area contributed by atoms with Gasteiger partial charge in [0.15, 0.2) is 0 Å². The number of halogens is 1. The molecule has 0 saturated carbocycles. The van der Waals surface area contributed by atoms with E-state index in [1.807, 2.05) is 72.8 Å². The van der Waals surface area contributed by atoms with Gasteiger partial charge in [-0.05, 0) is 64.9 Å². The number of nitrogens with zero attached hydrogens (tertiary/aromatic N) is 3. The van der Waals surface area contributed by atoms with Gasteiger partial charge in [-0.2, -0.15) is 0 Å². The topological polar surface area (TPSA) is 75.4 Å². The Morgan fingerprint density at radius 3 is 2.53 bits per heavy atom. The average molecular weight is 563 g/mol. The van der Waals surface area contributed by atoms with Crippen LogP contribution in [-0.4, -0.2) is 27.2 Å². The maximum absolute atomic E-state index is 13.6. The summed E-state index contributed by atoms with van der Waals surface area (Å²) < 4.78 is 2.50. The molecule has 2 heterocycles. The monoisotopic (exact) mass is 563 g/mol. The molecule has 0 atom stereocenters. The van der Waals surface area contributed by atoms with Crippen molar-refractivity contribution < 1.29 is 9.90 Å². The van der Waals surface area contributed by atoms with Crippen molar-refractivity contribution in [3.05, 3.63) is 104 Å². The van der Waals surface area contributed by atoms with E-state index in [4.69, 9.17) is 4.98 Å². The van der Waals surface area contributed by atoms with Crippen LogP contribution in [-0.2, 0) is 17.9 Å². The average Bonchev–Trinajstić information content (AvgIpc) is 3.11. The lowest BCUT2D eigenvalue weighted by Crippen LogP contribution is -2.26. The molecule has 0 aliphatic carbocycles. The quantitative estimate of drug-likeness (QED) is 0.278. The number of aliphatic hydroxyl groups excluding tert-OH is 1. The number of aliphatic hydroxyl groups is 1. The van der Waals surface area contributed by atoms with Gasteiger partial charge in [-0.15, -0.1) is 0 Å². The Labute approximate surface area is 210 Å². The number of benzene rings is 3. The van der Waals surface area contributed by atoms with Gasteiger partial charge in [-0.1, -0.05) is 48.5 Å². The number of rotatable bonds is 6. The summed E-state index contributed by atoms with van der Waals surface area (Å²) in [4.78, 5) is 33.4. The van der Waals surface area contributed by atoms with Gasteiger partial charge in [0.05, 0.1) is 28.7 Å². The molecule has 1 N–H and O–H groups in total. The molecular weight excluding hydrogens is 541 g/mol. The summed E-state index contributed by atoms with van der Waals surface area (Å²) in [6.07, 6.45) is 2.13. The van der Waals surface area contributed by atoms with E-state index < -0.39 is 0 Å². The molecule has 34 heavy (non-hydrogen) atoms. The van der Waals surface area contributed by atoms with E-state index in [-0.39, 0.29) is 18.1 Å². The highest BCUT2D eigenvalue weighted by atomic mass is 127. The van der Waals surface area contributed by atoms with Crippen molar-refractivity contribution in [2.75, 3.05) is 11.5 Å². The first-order valence-corrected chi connectivity index (χ1v) is 12.1. The highest BCUT2D eigenvalue weighted by Crippen LogP contribution is 2.38. The van der Waals surface area contributed by atoms with Crippen LogP contribution in [0.3, 0.4) is 0 Å². The largest absolute Gasteiger partial charge is 0.396 e. The number of hydrogen-bond donors (Lipinski definition) is 1. The van der Waals surface area contributed by atoms with Gasteiger partial charge in [-0.25, -0.2) is 4.98 Å². The number of anilines is 1. The fraction of sp³-hybridized carbons (Fsp3) is 0.148. The smallest absolute Gasteiger partial charge is 0.261 e. The molecule has 0 radical (unpaired) electrons. The van der Waals surface area contributed by atoms with Crippen LogP contribution in [0.5, 0.6) is 0 Å². The van der Waals surface area contributed by atoms with Crippen LogP contribution in [0.1, 0.15) is 23.4 Å². The third-order valence-corrected chi connectivity index (χ3v) is 6.57. The Balaban J connectivity index is 1.65. The summed E-state index contributed by atoms with van der Waals surface area (Å²) in [6.45, 7) is 0.723. The zero-order valence-electron chi connectivity index (χ0n) is 18.3. The summed E-state index contributed by atoms with van der Waals surface area (Å²) in [5.74, 6) is 0.280. The van der Waals surface area contributed by atoms with Gasteiger partial charge in [-0.3, -0.25) is 14.2 Å². The highest BCUT2D eigenvalue weighted by Gasteiger charge is 2.32. The summed E-state index contributed by atoms with van der Waals surface area (Å²) in [5, 5.41) is 9.91. The number of hydrogen-bond acceptors (Lipinski definition) is 4. The molecule has 0 bridgehead atoms. The predicted molar refractivity (Wildman–Crippen MR) is 142 cm³/mol. The number of amides is 1. The van der Waals surface area contributed by atoms with Gasteiger partial charge < -0.3 is 10.0 Å². The second-order valence-corrected chi connectivity index (χ2v) is 9.36. The van der Waals surface area contributed by atoms with E-state index in [1.165, 1.54) is 0 Å². The maximum atomic E-state index is 13.6. The predicted octanol–water partition coefficient (Wildman–Crippen LogP) is 4.47. The number of carbonyl (C=O) groups is 1. The minimum atomic E-state index is -0.177. The van der Waals surface area contributed by atoms with Crippen molar-refractivity contribution >= 4 is 56.7 Å². The van der Waals surface area contributed by atoms with E-state index in [1.54, 1.807) is 15.5 Å². The van der Waals surface area contributed by atoms with E-state index in [0.29, 0.717) is 41.8 Å². The molecule has 1 aliphatic rings. The molecule has 6 nitrogen and oxygen atoms in total. The Morgan fingerprint density at radius 1 is 0.971 bits per heavy atom. The molecule has 1 aromatic heterocycles. The molecule has 170 valence electrons. The third-order valence-electron chi connectivity index (χ3n) is 5.90. The van der Waals surface area contributed by atoms with E-state index >= 15 is 0 Å².